The van der Waals surface area contributed by atoms with E-state index in [2.05, 4.69) is 10.6 Å². The number of amides is 1. The third-order valence-corrected chi connectivity index (χ3v) is 4.13. The van der Waals surface area contributed by atoms with Gasteiger partial charge in [-0.25, -0.2) is 0 Å². The molecule has 3 rings (SSSR count). The van der Waals surface area contributed by atoms with E-state index in [0.717, 1.165) is 28.3 Å². The molecule has 0 spiro atoms. The van der Waals surface area contributed by atoms with Crippen LogP contribution >= 0.6 is 0 Å². The Morgan fingerprint density at radius 2 is 1.54 bits per heavy atom. The summed E-state index contributed by atoms with van der Waals surface area (Å²) in [6.07, 6.45) is 0. The van der Waals surface area contributed by atoms with E-state index in [-0.39, 0.29) is 5.91 Å². The lowest BCUT2D eigenvalue weighted by Crippen LogP contribution is -2.11. The number of hydrogen-bond acceptors (Lipinski definition) is 3. The lowest BCUT2D eigenvalue weighted by Gasteiger charge is -2.11. The molecule has 0 radical (unpaired) electrons. The molecule has 0 heterocycles. The Kier molecular flexibility index (Phi) is 5.54. The van der Waals surface area contributed by atoms with Crippen molar-refractivity contribution in [1.29, 1.82) is 0 Å². The highest BCUT2D eigenvalue weighted by Gasteiger charge is 2.06. The maximum Gasteiger partial charge on any atom is 0.255 e. The summed E-state index contributed by atoms with van der Waals surface area (Å²) in [6, 6.07) is 23.1. The van der Waals surface area contributed by atoms with Crippen molar-refractivity contribution in [3.63, 3.8) is 0 Å². The van der Waals surface area contributed by atoms with Gasteiger partial charge >= 0.3 is 0 Å². The average molecular weight is 346 g/mol. The van der Waals surface area contributed by atoms with Crippen LogP contribution in [0.5, 0.6) is 5.75 Å². The molecule has 0 atom stereocenters. The summed E-state index contributed by atoms with van der Waals surface area (Å²) in [4.78, 5) is 12.3. The van der Waals surface area contributed by atoms with Crippen molar-refractivity contribution >= 4 is 17.3 Å². The van der Waals surface area contributed by atoms with Crippen molar-refractivity contribution < 1.29 is 9.53 Å². The number of anilines is 2. The van der Waals surface area contributed by atoms with Crippen molar-refractivity contribution in [2.45, 2.75) is 13.5 Å². The minimum Gasteiger partial charge on any atom is -0.496 e. The molecule has 0 aliphatic heterocycles. The first-order valence-corrected chi connectivity index (χ1v) is 8.49. The van der Waals surface area contributed by atoms with Gasteiger partial charge in [-0.2, -0.15) is 0 Å². The van der Waals surface area contributed by atoms with Crippen LogP contribution in [0.3, 0.4) is 0 Å². The lowest BCUT2D eigenvalue weighted by atomic mass is 10.1. The number of benzene rings is 3. The van der Waals surface area contributed by atoms with E-state index >= 15 is 0 Å². The second-order valence-corrected chi connectivity index (χ2v) is 6.06. The maximum absolute atomic E-state index is 12.3. The molecule has 0 bridgehead atoms. The topological polar surface area (TPSA) is 50.4 Å². The molecule has 4 heteroatoms. The molecule has 3 aromatic carbocycles. The predicted molar refractivity (Wildman–Crippen MR) is 106 cm³/mol. The molecule has 0 unspecified atom stereocenters. The first kappa shape index (κ1) is 17.5. The van der Waals surface area contributed by atoms with E-state index in [4.69, 9.17) is 4.74 Å². The Labute approximate surface area is 153 Å². The van der Waals surface area contributed by atoms with E-state index in [0.29, 0.717) is 12.1 Å². The van der Waals surface area contributed by atoms with Crippen molar-refractivity contribution in [1.82, 2.24) is 0 Å². The van der Waals surface area contributed by atoms with Crippen LogP contribution in [-0.4, -0.2) is 13.0 Å². The average Bonchev–Trinajstić information content (AvgIpc) is 2.68. The Bertz CT molecular complexity index is 871. The Morgan fingerprint density at radius 3 is 2.23 bits per heavy atom. The first-order valence-electron chi connectivity index (χ1n) is 8.49. The van der Waals surface area contributed by atoms with E-state index in [1.807, 2.05) is 79.7 Å². The molecule has 0 aromatic heterocycles. The van der Waals surface area contributed by atoms with E-state index in [9.17, 15) is 4.79 Å². The van der Waals surface area contributed by atoms with E-state index in [1.165, 1.54) is 0 Å². The number of aryl methyl sites for hydroxylation is 1. The van der Waals surface area contributed by atoms with Crippen LogP contribution in [0.2, 0.25) is 0 Å². The molecule has 0 saturated heterocycles. The van der Waals surface area contributed by atoms with Crippen LogP contribution in [0.15, 0.2) is 72.8 Å². The zero-order valence-electron chi connectivity index (χ0n) is 15.0. The molecule has 2 N–H and O–H groups in total. The Morgan fingerprint density at radius 1 is 0.885 bits per heavy atom. The predicted octanol–water partition coefficient (Wildman–Crippen LogP) is 4.87. The molecule has 26 heavy (non-hydrogen) atoms. The Balaban J connectivity index is 1.59. The molecule has 1 amide bonds. The summed E-state index contributed by atoms with van der Waals surface area (Å²) in [6.45, 7) is 2.66. The zero-order valence-corrected chi connectivity index (χ0v) is 15.0. The van der Waals surface area contributed by atoms with Crippen molar-refractivity contribution in [2.24, 2.45) is 0 Å². The quantitative estimate of drug-likeness (QED) is 0.669. The monoisotopic (exact) mass is 346 g/mol. The van der Waals surface area contributed by atoms with Gasteiger partial charge in [0, 0.05) is 29.0 Å². The van der Waals surface area contributed by atoms with Gasteiger partial charge in [0.05, 0.1) is 7.11 Å². The molecule has 0 saturated carbocycles. The van der Waals surface area contributed by atoms with Crippen LogP contribution in [0.4, 0.5) is 11.4 Å². The van der Waals surface area contributed by atoms with Gasteiger partial charge in [-0.3, -0.25) is 4.79 Å². The Hall–Kier alpha value is -3.27. The summed E-state index contributed by atoms with van der Waals surface area (Å²) in [5, 5.41) is 6.27. The van der Waals surface area contributed by atoms with Crippen LogP contribution in [0.25, 0.3) is 0 Å². The molecule has 0 fully saturated rings. The molecule has 132 valence electrons. The van der Waals surface area contributed by atoms with Crippen LogP contribution in [0, 0.1) is 6.92 Å². The number of para-hydroxylation sites is 1. The summed E-state index contributed by atoms with van der Waals surface area (Å²) in [7, 11) is 1.67. The largest absolute Gasteiger partial charge is 0.496 e. The van der Waals surface area contributed by atoms with Gasteiger partial charge in [-0.15, -0.1) is 0 Å². The summed E-state index contributed by atoms with van der Waals surface area (Å²) in [5.41, 5.74) is 4.61. The standard InChI is InChI=1S/C22H22N2O2/c1-16-7-9-17(10-8-16)22(25)24-20-13-11-19(12-14-20)23-15-18-5-3-4-6-21(18)26-2/h3-14,23H,15H2,1-2H3,(H,24,25). The van der Waals surface area contributed by atoms with Gasteiger partial charge in [-0.1, -0.05) is 35.9 Å². The highest BCUT2D eigenvalue weighted by atomic mass is 16.5. The first-order chi connectivity index (χ1) is 12.7. The smallest absolute Gasteiger partial charge is 0.255 e. The minimum atomic E-state index is -0.111. The normalized spacial score (nSPS) is 10.2. The van der Waals surface area contributed by atoms with Gasteiger partial charge in [0.15, 0.2) is 0 Å². The number of nitrogens with one attached hydrogen (secondary N) is 2. The summed E-state index contributed by atoms with van der Waals surface area (Å²) in [5.74, 6) is 0.752. The molecular formula is C22H22N2O2. The molecule has 0 aliphatic carbocycles. The number of carbonyl (C=O) groups is 1. The van der Waals surface area contributed by atoms with E-state index < -0.39 is 0 Å². The van der Waals surface area contributed by atoms with Gasteiger partial charge < -0.3 is 15.4 Å². The second-order valence-electron chi connectivity index (χ2n) is 6.06. The third-order valence-electron chi connectivity index (χ3n) is 4.13. The van der Waals surface area contributed by atoms with Crippen LogP contribution in [-0.2, 0) is 6.54 Å². The highest BCUT2D eigenvalue weighted by Crippen LogP contribution is 2.20. The fraction of sp³-hybridized carbons (Fsp3) is 0.136. The van der Waals surface area contributed by atoms with E-state index in [1.54, 1.807) is 7.11 Å². The molecule has 0 aliphatic rings. The number of rotatable bonds is 6. The van der Waals surface area contributed by atoms with Crippen molar-refractivity contribution in [2.75, 3.05) is 17.7 Å². The summed E-state index contributed by atoms with van der Waals surface area (Å²) < 4.78 is 5.36. The SMILES string of the molecule is COc1ccccc1CNc1ccc(NC(=O)c2ccc(C)cc2)cc1. The number of methoxy groups -OCH3 is 1. The highest BCUT2D eigenvalue weighted by molar-refractivity contribution is 6.04. The van der Waals surface area contributed by atoms with Gasteiger partial charge in [0.2, 0.25) is 0 Å². The third kappa shape index (κ3) is 4.42. The zero-order chi connectivity index (χ0) is 18.4. The fourth-order valence-corrected chi connectivity index (χ4v) is 2.63. The minimum absolute atomic E-state index is 0.111. The molecule has 4 nitrogen and oxygen atoms in total. The van der Waals surface area contributed by atoms with Gasteiger partial charge in [0.1, 0.15) is 5.75 Å². The maximum atomic E-state index is 12.3. The second kappa shape index (κ2) is 8.21. The van der Waals surface area contributed by atoms with Crippen LogP contribution < -0.4 is 15.4 Å². The number of hydrogen-bond donors (Lipinski definition) is 2. The fourth-order valence-electron chi connectivity index (χ4n) is 2.63. The number of carbonyl (C=O) groups excluding carboxylic acids is 1. The van der Waals surface area contributed by atoms with Crippen molar-refractivity contribution in [3.8, 4) is 5.75 Å². The van der Waals surface area contributed by atoms with Gasteiger partial charge in [0.25, 0.3) is 5.91 Å². The number of ether oxygens (including phenoxy) is 1. The summed E-state index contributed by atoms with van der Waals surface area (Å²) >= 11 is 0. The van der Waals surface area contributed by atoms with Crippen LogP contribution in [0.1, 0.15) is 21.5 Å². The van der Waals surface area contributed by atoms with Gasteiger partial charge in [-0.05, 0) is 49.4 Å². The lowest BCUT2D eigenvalue weighted by molar-refractivity contribution is 0.102. The van der Waals surface area contributed by atoms with Crippen molar-refractivity contribution in [3.05, 3.63) is 89.5 Å². The molecule has 3 aromatic rings. The molecular weight excluding hydrogens is 324 g/mol.